The zero-order valence-electron chi connectivity index (χ0n) is 16.7. The monoisotopic (exact) mass is 445 g/mol. The van der Waals surface area contributed by atoms with Crippen LogP contribution in [0.1, 0.15) is 36.6 Å². The highest BCUT2D eigenvalue weighted by Crippen LogP contribution is 2.29. The molecule has 0 aliphatic carbocycles. The second-order valence-corrected chi connectivity index (χ2v) is 6.88. The second-order valence-electron chi connectivity index (χ2n) is 6.88. The Bertz CT molecular complexity index is 1200. The third kappa shape index (κ3) is 4.46. The van der Waals surface area contributed by atoms with Gasteiger partial charge in [0.05, 0.1) is 0 Å². The van der Waals surface area contributed by atoms with Crippen molar-refractivity contribution in [3.8, 4) is 11.3 Å². The minimum absolute atomic E-state index is 0.0915. The van der Waals surface area contributed by atoms with Crippen molar-refractivity contribution < 1.29 is 27.6 Å². The van der Waals surface area contributed by atoms with E-state index >= 15 is 0 Å². The summed E-state index contributed by atoms with van der Waals surface area (Å²) in [5, 5.41) is 6.34. The number of rotatable bonds is 5. The predicted octanol–water partition coefficient (Wildman–Crippen LogP) is 2.67. The number of anilines is 1. The number of amides is 2. The van der Waals surface area contributed by atoms with Crippen molar-refractivity contribution in [2.45, 2.75) is 19.6 Å². The zero-order valence-corrected chi connectivity index (χ0v) is 16.7. The molecule has 0 atom stereocenters. The summed E-state index contributed by atoms with van der Waals surface area (Å²) in [5.74, 6) is -4.54. The Balaban J connectivity index is 1.84. The molecule has 32 heavy (non-hydrogen) atoms. The molecule has 0 radical (unpaired) electrons. The molecule has 1 heterocycles. The Labute approximate surface area is 180 Å². The van der Waals surface area contributed by atoms with Gasteiger partial charge in [0, 0.05) is 17.7 Å². The molecule has 166 valence electrons. The lowest BCUT2D eigenvalue weighted by Crippen LogP contribution is -2.31. The largest absolute Gasteiger partial charge is 0.473 e. The molecule has 11 heteroatoms. The maximum Gasteiger partial charge on any atom is 0.473 e. The molecule has 0 fully saturated rings. The standard InChI is InChI=1S/C21H18F3N5O3/c1-11-4-2-3-5-14(11)19(31)27-10-12-6-8-13(9-7-12)16-15(18(26)30)17(25)29(28-16)20(32)21(22,23)24/h2-9H,10,25H2,1H3,(H2,26,30)(H,27,31). The van der Waals surface area contributed by atoms with Crippen LogP contribution in [-0.4, -0.2) is 33.7 Å². The van der Waals surface area contributed by atoms with E-state index in [4.69, 9.17) is 11.5 Å². The van der Waals surface area contributed by atoms with Crippen LogP contribution in [0.4, 0.5) is 19.0 Å². The van der Waals surface area contributed by atoms with Gasteiger partial charge in [0.15, 0.2) is 0 Å². The maximum atomic E-state index is 12.8. The minimum atomic E-state index is -5.24. The number of hydrogen-bond acceptors (Lipinski definition) is 5. The summed E-state index contributed by atoms with van der Waals surface area (Å²) < 4.78 is 38.3. The minimum Gasteiger partial charge on any atom is -0.383 e. The van der Waals surface area contributed by atoms with E-state index in [1.165, 1.54) is 12.1 Å². The van der Waals surface area contributed by atoms with Gasteiger partial charge in [0.25, 0.3) is 11.8 Å². The molecule has 5 N–H and O–H groups in total. The highest BCUT2D eigenvalue weighted by atomic mass is 19.4. The van der Waals surface area contributed by atoms with Crippen molar-refractivity contribution in [3.05, 3.63) is 70.8 Å². The number of nitrogens with one attached hydrogen (secondary N) is 1. The highest BCUT2D eigenvalue weighted by Gasteiger charge is 2.43. The third-order valence-corrected chi connectivity index (χ3v) is 4.67. The van der Waals surface area contributed by atoms with E-state index in [0.29, 0.717) is 11.1 Å². The van der Waals surface area contributed by atoms with Crippen molar-refractivity contribution in [1.82, 2.24) is 15.1 Å². The molecule has 0 bridgehead atoms. The molecule has 0 spiro atoms. The van der Waals surface area contributed by atoms with Gasteiger partial charge in [-0.1, -0.05) is 42.5 Å². The van der Waals surface area contributed by atoms with E-state index in [2.05, 4.69) is 10.4 Å². The molecule has 8 nitrogen and oxygen atoms in total. The average Bonchev–Trinajstić information content (AvgIpc) is 3.08. The van der Waals surface area contributed by atoms with E-state index in [1.807, 2.05) is 19.1 Å². The van der Waals surface area contributed by atoms with Gasteiger partial charge in [0.1, 0.15) is 17.1 Å². The Morgan fingerprint density at radius 2 is 1.69 bits per heavy atom. The third-order valence-electron chi connectivity index (χ3n) is 4.67. The number of nitrogen functional groups attached to an aromatic ring is 1. The van der Waals surface area contributed by atoms with Gasteiger partial charge in [-0.3, -0.25) is 14.4 Å². The number of aryl methyl sites for hydroxylation is 1. The molecule has 2 aromatic carbocycles. The van der Waals surface area contributed by atoms with E-state index in [1.54, 1.807) is 24.3 Å². The summed E-state index contributed by atoms with van der Waals surface area (Å²) in [6.45, 7) is 1.99. The van der Waals surface area contributed by atoms with Gasteiger partial charge in [0.2, 0.25) is 0 Å². The van der Waals surface area contributed by atoms with Crippen LogP contribution in [0.25, 0.3) is 11.3 Å². The van der Waals surface area contributed by atoms with Gasteiger partial charge in [-0.2, -0.15) is 23.0 Å². The Morgan fingerprint density at radius 1 is 1.06 bits per heavy atom. The second kappa shape index (κ2) is 8.53. The fraction of sp³-hybridized carbons (Fsp3) is 0.143. The van der Waals surface area contributed by atoms with Crippen molar-refractivity contribution >= 4 is 23.5 Å². The summed E-state index contributed by atoms with van der Waals surface area (Å²) in [5.41, 5.74) is 12.3. The molecule has 2 amide bonds. The number of carbonyl (C=O) groups is 3. The fourth-order valence-corrected chi connectivity index (χ4v) is 3.04. The van der Waals surface area contributed by atoms with Crippen LogP contribution in [0.2, 0.25) is 0 Å². The number of primary amides is 1. The van der Waals surface area contributed by atoms with Crippen LogP contribution in [0.15, 0.2) is 48.5 Å². The molecule has 0 unspecified atom stereocenters. The van der Waals surface area contributed by atoms with Gasteiger partial charge >= 0.3 is 12.1 Å². The Hall–Kier alpha value is -4.15. The topological polar surface area (TPSA) is 133 Å². The normalized spacial score (nSPS) is 11.2. The van der Waals surface area contributed by atoms with Crippen LogP contribution in [-0.2, 0) is 6.54 Å². The lowest BCUT2D eigenvalue weighted by molar-refractivity contribution is -0.0953. The van der Waals surface area contributed by atoms with Crippen molar-refractivity contribution in [2.24, 2.45) is 5.73 Å². The average molecular weight is 445 g/mol. The van der Waals surface area contributed by atoms with E-state index < -0.39 is 29.4 Å². The number of hydrogen-bond donors (Lipinski definition) is 3. The quantitative estimate of drug-likeness (QED) is 0.555. The number of nitrogens with two attached hydrogens (primary N) is 2. The first-order valence-electron chi connectivity index (χ1n) is 9.23. The van der Waals surface area contributed by atoms with Gasteiger partial charge < -0.3 is 16.8 Å². The fourth-order valence-electron chi connectivity index (χ4n) is 3.04. The van der Waals surface area contributed by atoms with Gasteiger partial charge in [-0.15, -0.1) is 0 Å². The summed E-state index contributed by atoms with van der Waals surface area (Å²) in [6, 6.07) is 13.2. The van der Waals surface area contributed by atoms with E-state index in [0.717, 1.165) is 5.56 Å². The smallest absolute Gasteiger partial charge is 0.383 e. The van der Waals surface area contributed by atoms with E-state index in [9.17, 15) is 27.6 Å². The van der Waals surface area contributed by atoms with Gasteiger partial charge in [-0.25, -0.2) is 0 Å². The SMILES string of the molecule is Cc1ccccc1C(=O)NCc1ccc(-c2nn(C(=O)C(F)(F)F)c(N)c2C(N)=O)cc1. The number of aromatic nitrogens is 2. The summed E-state index contributed by atoms with van der Waals surface area (Å²) in [7, 11) is 0. The summed E-state index contributed by atoms with van der Waals surface area (Å²) in [4.78, 5) is 35.6. The first-order chi connectivity index (χ1) is 15.0. The lowest BCUT2D eigenvalue weighted by Gasteiger charge is -2.08. The Morgan fingerprint density at radius 3 is 2.25 bits per heavy atom. The molecule has 0 aliphatic heterocycles. The van der Waals surface area contributed by atoms with Crippen LogP contribution >= 0.6 is 0 Å². The zero-order chi connectivity index (χ0) is 23.6. The summed E-state index contributed by atoms with van der Waals surface area (Å²) in [6.07, 6.45) is -5.24. The Kier molecular flexibility index (Phi) is 6.01. The maximum absolute atomic E-state index is 12.8. The molecule has 0 aliphatic rings. The predicted molar refractivity (Wildman–Crippen MR) is 110 cm³/mol. The number of carbonyl (C=O) groups excluding carboxylic acids is 3. The van der Waals surface area contributed by atoms with Crippen LogP contribution < -0.4 is 16.8 Å². The molecule has 1 aromatic heterocycles. The molecular weight excluding hydrogens is 427 g/mol. The van der Waals surface area contributed by atoms with Crippen molar-refractivity contribution in [2.75, 3.05) is 5.73 Å². The molecule has 3 aromatic rings. The van der Waals surface area contributed by atoms with Crippen LogP contribution in [0, 0.1) is 6.92 Å². The molecule has 0 saturated heterocycles. The first-order valence-corrected chi connectivity index (χ1v) is 9.23. The number of halogens is 3. The molecule has 0 saturated carbocycles. The molecule has 3 rings (SSSR count). The van der Waals surface area contributed by atoms with Gasteiger partial charge in [-0.05, 0) is 24.1 Å². The van der Waals surface area contributed by atoms with E-state index in [-0.39, 0.29) is 28.4 Å². The highest BCUT2D eigenvalue weighted by molar-refractivity contribution is 6.05. The molecular formula is C21H18F3N5O3. The van der Waals surface area contributed by atoms with Crippen LogP contribution in [0.3, 0.4) is 0 Å². The first kappa shape index (κ1) is 22.5. The number of nitrogens with zero attached hydrogens (tertiary/aromatic N) is 2. The lowest BCUT2D eigenvalue weighted by atomic mass is 10.0. The van der Waals surface area contributed by atoms with Crippen LogP contribution in [0.5, 0.6) is 0 Å². The van der Waals surface area contributed by atoms with Crippen molar-refractivity contribution in [3.63, 3.8) is 0 Å². The number of benzene rings is 2. The number of alkyl halides is 3. The summed E-state index contributed by atoms with van der Waals surface area (Å²) >= 11 is 0. The van der Waals surface area contributed by atoms with Crippen molar-refractivity contribution in [1.29, 1.82) is 0 Å².